The van der Waals surface area contributed by atoms with Gasteiger partial charge in [-0.3, -0.25) is 4.79 Å². The maximum Gasteiger partial charge on any atom is 0.284 e. The van der Waals surface area contributed by atoms with Gasteiger partial charge in [0.2, 0.25) is 0 Å². The van der Waals surface area contributed by atoms with Crippen molar-refractivity contribution in [2.75, 3.05) is 6.61 Å². The molecule has 0 amide bonds. The summed E-state index contributed by atoms with van der Waals surface area (Å²) in [6, 6.07) is 5.14. The van der Waals surface area contributed by atoms with Gasteiger partial charge in [0.25, 0.3) is 5.91 Å². The van der Waals surface area contributed by atoms with Gasteiger partial charge in [0.05, 0.1) is 10.2 Å². The molecule has 2 aromatic rings. The number of halogens is 2. The zero-order valence-electron chi connectivity index (χ0n) is 11.4. The van der Waals surface area contributed by atoms with Crippen LogP contribution < -0.4 is 4.74 Å². The lowest BCUT2D eigenvalue weighted by molar-refractivity contribution is 0.0817. The van der Waals surface area contributed by atoms with Gasteiger partial charge in [0.15, 0.2) is 6.61 Å². The van der Waals surface area contributed by atoms with Crippen molar-refractivity contribution >= 4 is 33.4 Å². The van der Waals surface area contributed by atoms with Crippen LogP contribution in [0.1, 0.15) is 21.7 Å². The fourth-order valence-electron chi connectivity index (χ4n) is 1.76. The second-order valence-electron chi connectivity index (χ2n) is 4.46. The van der Waals surface area contributed by atoms with Gasteiger partial charge < -0.3 is 4.74 Å². The van der Waals surface area contributed by atoms with Gasteiger partial charge in [-0.1, -0.05) is 11.6 Å². The predicted molar refractivity (Wildman–Crippen MR) is 81.7 cm³/mol. The van der Waals surface area contributed by atoms with Crippen molar-refractivity contribution in [3.8, 4) is 5.75 Å². The third-order valence-electron chi connectivity index (χ3n) is 3.13. The molecular formula is C14H14BrClN2O2. The van der Waals surface area contributed by atoms with E-state index in [1.165, 1.54) is 4.68 Å². The summed E-state index contributed by atoms with van der Waals surface area (Å²) < 4.78 is 7.59. The summed E-state index contributed by atoms with van der Waals surface area (Å²) in [5, 5.41) is 4.81. The van der Waals surface area contributed by atoms with Crippen LogP contribution in [0, 0.1) is 20.8 Å². The molecule has 0 saturated carbocycles. The Kier molecular flexibility index (Phi) is 4.50. The summed E-state index contributed by atoms with van der Waals surface area (Å²) in [5.74, 6) is 0.363. The predicted octanol–water partition coefficient (Wildman–Crippen LogP) is 3.94. The van der Waals surface area contributed by atoms with Gasteiger partial charge in [-0.05, 0) is 60.5 Å². The van der Waals surface area contributed by atoms with Crippen molar-refractivity contribution in [3.63, 3.8) is 0 Å². The van der Waals surface area contributed by atoms with Crippen LogP contribution in [0.2, 0.25) is 5.02 Å². The smallest absolute Gasteiger partial charge is 0.284 e. The van der Waals surface area contributed by atoms with Crippen LogP contribution in [0.25, 0.3) is 0 Å². The molecule has 0 aliphatic heterocycles. The number of aromatic nitrogens is 2. The van der Waals surface area contributed by atoms with Crippen molar-refractivity contribution in [1.82, 2.24) is 9.78 Å². The molecule has 1 aromatic heterocycles. The molecule has 2 rings (SSSR count). The number of nitrogens with zero attached hydrogens (tertiary/aromatic N) is 2. The number of carbonyl (C=O) groups excluding carboxylic acids is 1. The van der Waals surface area contributed by atoms with Crippen LogP contribution in [0.4, 0.5) is 0 Å². The third kappa shape index (κ3) is 3.04. The van der Waals surface area contributed by atoms with Crippen molar-refractivity contribution in [2.24, 2.45) is 0 Å². The quantitative estimate of drug-likeness (QED) is 0.835. The number of rotatable bonds is 3. The van der Waals surface area contributed by atoms with E-state index in [1.807, 2.05) is 20.8 Å². The van der Waals surface area contributed by atoms with Crippen molar-refractivity contribution in [2.45, 2.75) is 20.8 Å². The molecule has 0 fully saturated rings. The summed E-state index contributed by atoms with van der Waals surface area (Å²) in [6.07, 6.45) is 0. The number of hydrogen-bond donors (Lipinski definition) is 0. The molecule has 0 atom stereocenters. The molecule has 0 spiro atoms. The number of benzene rings is 1. The summed E-state index contributed by atoms with van der Waals surface area (Å²) in [5.41, 5.74) is 2.71. The van der Waals surface area contributed by atoms with E-state index in [1.54, 1.807) is 18.2 Å². The van der Waals surface area contributed by atoms with E-state index in [9.17, 15) is 4.79 Å². The molecule has 0 bridgehead atoms. The van der Waals surface area contributed by atoms with Crippen LogP contribution in [0.3, 0.4) is 0 Å². The molecule has 0 saturated heterocycles. The van der Waals surface area contributed by atoms with Crippen LogP contribution in [0.15, 0.2) is 22.7 Å². The van der Waals surface area contributed by atoms with E-state index < -0.39 is 0 Å². The van der Waals surface area contributed by atoms with E-state index in [2.05, 4.69) is 21.0 Å². The van der Waals surface area contributed by atoms with Crippen LogP contribution in [-0.4, -0.2) is 22.3 Å². The molecule has 0 aliphatic carbocycles. The van der Waals surface area contributed by atoms with Crippen molar-refractivity contribution < 1.29 is 9.53 Å². The Bertz CT molecular complexity index is 667. The second-order valence-corrected chi connectivity index (χ2v) is 5.76. The van der Waals surface area contributed by atoms with Crippen molar-refractivity contribution in [3.05, 3.63) is 44.6 Å². The summed E-state index contributed by atoms with van der Waals surface area (Å²) in [4.78, 5) is 12.1. The van der Waals surface area contributed by atoms with Gasteiger partial charge in [0.1, 0.15) is 5.75 Å². The molecule has 1 heterocycles. The average Bonchev–Trinajstić information content (AvgIpc) is 2.65. The summed E-state index contributed by atoms with van der Waals surface area (Å²) in [7, 11) is 0. The fourth-order valence-corrected chi connectivity index (χ4v) is 2.55. The minimum atomic E-state index is -0.208. The van der Waals surface area contributed by atoms with Crippen LogP contribution in [-0.2, 0) is 0 Å². The lowest BCUT2D eigenvalue weighted by Crippen LogP contribution is -2.21. The Morgan fingerprint density at radius 3 is 2.65 bits per heavy atom. The van der Waals surface area contributed by atoms with Crippen molar-refractivity contribution in [1.29, 1.82) is 0 Å². The average molecular weight is 358 g/mol. The maximum absolute atomic E-state index is 12.1. The van der Waals surface area contributed by atoms with E-state index >= 15 is 0 Å². The normalized spacial score (nSPS) is 10.7. The topological polar surface area (TPSA) is 44.1 Å². The van der Waals surface area contributed by atoms with E-state index in [-0.39, 0.29) is 12.5 Å². The van der Waals surface area contributed by atoms with Gasteiger partial charge in [-0.15, -0.1) is 0 Å². The molecule has 0 N–H and O–H groups in total. The first kappa shape index (κ1) is 15.1. The fraction of sp³-hybridized carbons (Fsp3) is 0.286. The minimum absolute atomic E-state index is 0.0817. The largest absolute Gasteiger partial charge is 0.482 e. The molecule has 6 heteroatoms. The van der Waals surface area contributed by atoms with Gasteiger partial charge in [-0.25, -0.2) is 4.68 Å². The molecule has 0 aliphatic rings. The summed E-state index contributed by atoms with van der Waals surface area (Å²) in [6.45, 7) is 5.61. The van der Waals surface area contributed by atoms with Crippen LogP contribution >= 0.6 is 27.5 Å². The highest BCUT2D eigenvalue weighted by Crippen LogP contribution is 2.27. The van der Waals surface area contributed by atoms with Gasteiger partial charge in [-0.2, -0.15) is 5.10 Å². The Balaban J connectivity index is 2.10. The van der Waals surface area contributed by atoms with Gasteiger partial charge in [0, 0.05) is 10.7 Å². The first-order valence-corrected chi connectivity index (χ1v) is 7.21. The standard InChI is InChI=1S/C14H14BrClN2O2/c1-8-9(2)17-18(10(8)3)14(19)7-20-13-5-4-11(16)6-12(13)15/h4-6H,7H2,1-3H3. The Labute approximate surface area is 130 Å². The van der Waals surface area contributed by atoms with E-state index in [4.69, 9.17) is 16.3 Å². The Morgan fingerprint density at radius 1 is 1.40 bits per heavy atom. The lowest BCUT2D eigenvalue weighted by Gasteiger charge is -2.08. The molecule has 1 aromatic carbocycles. The molecule has 0 unspecified atom stereocenters. The summed E-state index contributed by atoms with van der Waals surface area (Å²) >= 11 is 9.19. The first-order chi connectivity index (χ1) is 9.40. The number of hydrogen-bond acceptors (Lipinski definition) is 3. The highest BCUT2D eigenvalue weighted by Gasteiger charge is 2.14. The number of ether oxygens (including phenoxy) is 1. The lowest BCUT2D eigenvalue weighted by atomic mass is 10.2. The maximum atomic E-state index is 12.1. The third-order valence-corrected chi connectivity index (χ3v) is 3.99. The van der Waals surface area contributed by atoms with E-state index in [0.717, 1.165) is 17.0 Å². The minimum Gasteiger partial charge on any atom is -0.482 e. The van der Waals surface area contributed by atoms with Gasteiger partial charge >= 0.3 is 0 Å². The molecule has 0 radical (unpaired) electrons. The molecule has 20 heavy (non-hydrogen) atoms. The monoisotopic (exact) mass is 356 g/mol. The zero-order valence-corrected chi connectivity index (χ0v) is 13.7. The Hall–Kier alpha value is -1.33. The van der Waals surface area contributed by atoms with E-state index in [0.29, 0.717) is 15.2 Å². The second kappa shape index (κ2) is 5.97. The zero-order chi connectivity index (χ0) is 14.9. The molecule has 4 nitrogen and oxygen atoms in total. The first-order valence-electron chi connectivity index (χ1n) is 6.04. The van der Waals surface area contributed by atoms with Crippen LogP contribution in [0.5, 0.6) is 5.75 Å². The Morgan fingerprint density at radius 2 is 2.10 bits per heavy atom. The number of aryl methyl sites for hydroxylation is 1. The molecular weight excluding hydrogens is 344 g/mol. The SMILES string of the molecule is Cc1nn(C(=O)COc2ccc(Cl)cc2Br)c(C)c1C. The number of carbonyl (C=O) groups is 1. The highest BCUT2D eigenvalue weighted by atomic mass is 79.9. The highest BCUT2D eigenvalue weighted by molar-refractivity contribution is 9.10. The molecule has 106 valence electrons.